The number of anilines is 1. The average Bonchev–Trinajstić information content (AvgIpc) is 2.08. The van der Waals surface area contributed by atoms with E-state index >= 15 is 0 Å². The van der Waals surface area contributed by atoms with Crippen LogP contribution in [-0.4, -0.2) is 11.9 Å². The first-order valence-corrected chi connectivity index (χ1v) is 4.99. The van der Waals surface area contributed by atoms with Gasteiger partial charge in [0, 0.05) is 9.26 Å². The third-order valence-corrected chi connectivity index (χ3v) is 2.24. The highest BCUT2D eigenvalue weighted by Gasteiger charge is 2.06. The highest BCUT2D eigenvalue weighted by molar-refractivity contribution is 14.1. The van der Waals surface area contributed by atoms with Crippen LogP contribution in [0.25, 0.3) is 0 Å². The third kappa shape index (κ3) is 3.31. The molecular formula is C9H11IN2O. The van der Waals surface area contributed by atoms with E-state index in [9.17, 15) is 4.79 Å². The molecule has 1 amide bonds. The first-order chi connectivity index (χ1) is 6.09. The van der Waals surface area contributed by atoms with Crippen molar-refractivity contribution in [2.45, 2.75) is 13.0 Å². The fourth-order valence-electron chi connectivity index (χ4n) is 0.789. The van der Waals surface area contributed by atoms with Crippen molar-refractivity contribution in [1.82, 2.24) is 0 Å². The highest BCUT2D eigenvalue weighted by atomic mass is 127. The molecule has 0 heterocycles. The van der Waals surface area contributed by atoms with Gasteiger partial charge in [-0.15, -0.1) is 0 Å². The molecule has 0 aliphatic carbocycles. The van der Waals surface area contributed by atoms with Crippen molar-refractivity contribution in [3.8, 4) is 0 Å². The molecular weight excluding hydrogens is 279 g/mol. The number of amides is 1. The molecule has 0 spiro atoms. The summed E-state index contributed by atoms with van der Waals surface area (Å²) in [7, 11) is 0. The molecule has 1 aromatic rings. The summed E-state index contributed by atoms with van der Waals surface area (Å²) in [5.41, 5.74) is 6.18. The second-order valence-corrected chi connectivity index (χ2v) is 4.03. The van der Waals surface area contributed by atoms with Crippen LogP contribution in [0, 0.1) is 3.57 Å². The normalized spacial score (nSPS) is 12.2. The molecule has 1 unspecified atom stereocenters. The molecule has 0 aliphatic heterocycles. The quantitative estimate of drug-likeness (QED) is 0.812. The number of rotatable bonds is 2. The lowest BCUT2D eigenvalue weighted by Gasteiger charge is -2.07. The van der Waals surface area contributed by atoms with Crippen LogP contribution in [0.15, 0.2) is 24.3 Å². The summed E-state index contributed by atoms with van der Waals surface area (Å²) in [6.45, 7) is 1.65. The van der Waals surface area contributed by atoms with Gasteiger partial charge in [-0.25, -0.2) is 0 Å². The number of nitrogens with two attached hydrogens (primary N) is 1. The van der Waals surface area contributed by atoms with E-state index in [2.05, 4.69) is 27.9 Å². The Morgan fingerprint density at radius 2 is 2.00 bits per heavy atom. The topological polar surface area (TPSA) is 55.1 Å². The van der Waals surface area contributed by atoms with Gasteiger partial charge in [-0.2, -0.15) is 0 Å². The zero-order chi connectivity index (χ0) is 9.84. The van der Waals surface area contributed by atoms with Crippen LogP contribution >= 0.6 is 22.6 Å². The van der Waals surface area contributed by atoms with Crippen LogP contribution in [0.3, 0.4) is 0 Å². The van der Waals surface area contributed by atoms with Crippen molar-refractivity contribution < 1.29 is 4.79 Å². The van der Waals surface area contributed by atoms with Gasteiger partial charge in [-0.05, 0) is 53.8 Å². The van der Waals surface area contributed by atoms with Crippen LogP contribution in [0.4, 0.5) is 5.69 Å². The molecule has 1 atom stereocenters. The Hall–Kier alpha value is -0.620. The molecule has 0 bridgehead atoms. The predicted octanol–water partition coefficient (Wildman–Crippen LogP) is 1.58. The molecule has 3 nitrogen and oxygen atoms in total. The van der Waals surface area contributed by atoms with Gasteiger partial charge >= 0.3 is 0 Å². The lowest BCUT2D eigenvalue weighted by Crippen LogP contribution is -2.32. The van der Waals surface area contributed by atoms with Gasteiger partial charge in [0.1, 0.15) is 0 Å². The Morgan fingerprint density at radius 3 is 2.46 bits per heavy atom. The molecule has 13 heavy (non-hydrogen) atoms. The van der Waals surface area contributed by atoms with Crippen molar-refractivity contribution in [3.05, 3.63) is 27.8 Å². The second kappa shape index (κ2) is 4.57. The zero-order valence-electron chi connectivity index (χ0n) is 7.25. The molecule has 0 fully saturated rings. The van der Waals surface area contributed by atoms with Gasteiger partial charge in [0.2, 0.25) is 5.91 Å². The van der Waals surface area contributed by atoms with E-state index in [4.69, 9.17) is 5.73 Å². The van der Waals surface area contributed by atoms with E-state index in [0.29, 0.717) is 0 Å². The summed E-state index contributed by atoms with van der Waals surface area (Å²) >= 11 is 2.21. The van der Waals surface area contributed by atoms with Gasteiger partial charge < -0.3 is 11.1 Å². The van der Waals surface area contributed by atoms with Gasteiger partial charge in [0.05, 0.1) is 6.04 Å². The minimum Gasteiger partial charge on any atom is -0.325 e. The number of benzene rings is 1. The van der Waals surface area contributed by atoms with Crippen molar-refractivity contribution in [2.75, 3.05) is 5.32 Å². The summed E-state index contributed by atoms with van der Waals surface area (Å²) < 4.78 is 1.14. The Bertz CT molecular complexity index is 295. The highest BCUT2D eigenvalue weighted by Crippen LogP contribution is 2.10. The summed E-state index contributed by atoms with van der Waals surface area (Å²) in [6, 6.07) is 7.08. The smallest absolute Gasteiger partial charge is 0.240 e. The van der Waals surface area contributed by atoms with Crippen LogP contribution in [0.2, 0.25) is 0 Å². The van der Waals surface area contributed by atoms with Crippen LogP contribution in [-0.2, 0) is 4.79 Å². The van der Waals surface area contributed by atoms with E-state index in [1.54, 1.807) is 6.92 Å². The standard InChI is InChI=1S/C9H11IN2O/c1-6(11)9(13)12-8-4-2-7(10)3-5-8/h2-6H,11H2,1H3,(H,12,13). The number of carbonyl (C=O) groups excluding carboxylic acids is 1. The van der Waals surface area contributed by atoms with Gasteiger partial charge in [0.25, 0.3) is 0 Å². The number of hydrogen-bond acceptors (Lipinski definition) is 2. The van der Waals surface area contributed by atoms with Crippen LogP contribution in [0.1, 0.15) is 6.92 Å². The third-order valence-electron chi connectivity index (χ3n) is 1.53. The molecule has 3 N–H and O–H groups in total. The van der Waals surface area contributed by atoms with E-state index in [-0.39, 0.29) is 5.91 Å². The summed E-state index contributed by atoms with van der Waals surface area (Å²) in [6.07, 6.45) is 0. The number of halogens is 1. The Kier molecular flexibility index (Phi) is 3.68. The molecule has 0 aromatic heterocycles. The molecule has 0 radical (unpaired) electrons. The van der Waals surface area contributed by atoms with E-state index in [1.165, 1.54) is 0 Å². The lowest BCUT2D eigenvalue weighted by atomic mass is 10.3. The maximum Gasteiger partial charge on any atom is 0.240 e. The average molecular weight is 290 g/mol. The minimum atomic E-state index is -0.473. The zero-order valence-corrected chi connectivity index (χ0v) is 9.41. The predicted molar refractivity (Wildman–Crippen MR) is 61.4 cm³/mol. The van der Waals surface area contributed by atoms with E-state index in [0.717, 1.165) is 9.26 Å². The fraction of sp³-hybridized carbons (Fsp3) is 0.222. The maximum atomic E-state index is 11.2. The summed E-state index contributed by atoms with van der Waals surface area (Å²) in [5.74, 6) is -0.166. The molecule has 0 aliphatic rings. The van der Waals surface area contributed by atoms with Crippen molar-refractivity contribution in [2.24, 2.45) is 5.73 Å². The molecule has 1 rings (SSSR count). The van der Waals surface area contributed by atoms with Gasteiger partial charge in [0.15, 0.2) is 0 Å². The Balaban J connectivity index is 2.65. The SMILES string of the molecule is CC(N)C(=O)Nc1ccc(I)cc1. The van der Waals surface area contributed by atoms with Crippen LogP contribution < -0.4 is 11.1 Å². The van der Waals surface area contributed by atoms with E-state index < -0.39 is 6.04 Å². The first-order valence-electron chi connectivity index (χ1n) is 3.91. The minimum absolute atomic E-state index is 0.166. The first kappa shape index (κ1) is 10.5. The fourth-order valence-corrected chi connectivity index (χ4v) is 1.15. The van der Waals surface area contributed by atoms with Crippen molar-refractivity contribution >= 4 is 34.2 Å². The van der Waals surface area contributed by atoms with E-state index in [1.807, 2.05) is 24.3 Å². The second-order valence-electron chi connectivity index (χ2n) is 2.78. The monoisotopic (exact) mass is 290 g/mol. The number of nitrogens with one attached hydrogen (secondary N) is 1. The van der Waals surface area contributed by atoms with Gasteiger partial charge in [-0.1, -0.05) is 0 Å². The molecule has 70 valence electrons. The summed E-state index contributed by atoms with van der Waals surface area (Å²) in [4.78, 5) is 11.2. The molecule has 1 aromatic carbocycles. The summed E-state index contributed by atoms with van der Waals surface area (Å²) in [5, 5.41) is 2.70. The maximum absolute atomic E-state index is 11.2. The van der Waals surface area contributed by atoms with Crippen molar-refractivity contribution in [3.63, 3.8) is 0 Å². The molecule has 0 saturated carbocycles. The Labute approximate surface area is 90.8 Å². The Morgan fingerprint density at radius 1 is 1.46 bits per heavy atom. The number of hydrogen-bond donors (Lipinski definition) is 2. The van der Waals surface area contributed by atoms with Gasteiger partial charge in [-0.3, -0.25) is 4.79 Å². The molecule has 4 heteroatoms. The number of carbonyl (C=O) groups is 1. The van der Waals surface area contributed by atoms with Crippen LogP contribution in [0.5, 0.6) is 0 Å². The van der Waals surface area contributed by atoms with Crippen molar-refractivity contribution in [1.29, 1.82) is 0 Å². The lowest BCUT2D eigenvalue weighted by molar-refractivity contribution is -0.117. The largest absolute Gasteiger partial charge is 0.325 e. The molecule has 0 saturated heterocycles.